The van der Waals surface area contributed by atoms with Crippen molar-refractivity contribution in [3.8, 4) is 0 Å². The molecule has 0 bridgehead atoms. The summed E-state index contributed by atoms with van der Waals surface area (Å²) in [5.41, 5.74) is 0.694. The van der Waals surface area contributed by atoms with Crippen molar-refractivity contribution >= 4 is 40.0 Å². The Balaban J connectivity index is 0.00000272. The molecule has 3 fully saturated rings. The molecule has 1 saturated heterocycles. The van der Waals surface area contributed by atoms with Crippen LogP contribution in [-0.4, -0.2) is 80.2 Å². The average molecular weight is 567 g/mol. The van der Waals surface area contributed by atoms with Gasteiger partial charge >= 0.3 is 0 Å². The molecule has 2 heterocycles. The van der Waals surface area contributed by atoms with E-state index in [1.165, 1.54) is 25.5 Å². The van der Waals surface area contributed by atoms with Crippen molar-refractivity contribution in [3.05, 3.63) is 18.0 Å². The van der Waals surface area contributed by atoms with Crippen molar-refractivity contribution in [1.82, 2.24) is 19.7 Å². The van der Waals surface area contributed by atoms with E-state index in [-0.39, 0.29) is 35.1 Å². The minimum absolute atomic E-state index is 0. The Hall–Kier alpha value is -0.920. The standard InChI is InChI=1S/C20H33N5O4S.HI/c1-3-21-19(22-17-14-18(28-4-2)20(17)7-5-8-20)24-9-11-25(12-10-24)30(26,27)15-16-6-13-29-23-16;/h6,13,17-18H,3-5,7-12,14-15H2,1-2H3,(H,21,22);1H. The number of sulfonamides is 1. The third kappa shape index (κ3) is 5.03. The zero-order valence-corrected chi connectivity index (χ0v) is 21.5. The van der Waals surface area contributed by atoms with E-state index >= 15 is 0 Å². The lowest BCUT2D eigenvalue weighted by atomic mass is 9.51. The minimum Gasteiger partial charge on any atom is -0.378 e. The molecule has 31 heavy (non-hydrogen) atoms. The second-order valence-electron chi connectivity index (χ2n) is 8.39. The zero-order chi connectivity index (χ0) is 21.2. The van der Waals surface area contributed by atoms with E-state index < -0.39 is 10.0 Å². The molecule has 0 radical (unpaired) electrons. The second-order valence-corrected chi connectivity index (χ2v) is 10.4. The zero-order valence-electron chi connectivity index (χ0n) is 18.3. The molecule has 9 nitrogen and oxygen atoms in total. The summed E-state index contributed by atoms with van der Waals surface area (Å²) in [5.74, 6) is 0.776. The summed E-state index contributed by atoms with van der Waals surface area (Å²) in [6.45, 7) is 7.69. The van der Waals surface area contributed by atoms with Crippen molar-refractivity contribution in [1.29, 1.82) is 0 Å². The van der Waals surface area contributed by atoms with Gasteiger partial charge in [-0.15, -0.1) is 24.0 Å². The third-order valence-electron chi connectivity index (χ3n) is 6.80. The van der Waals surface area contributed by atoms with Crippen LogP contribution in [0, 0.1) is 5.41 Å². The lowest BCUT2D eigenvalue weighted by Gasteiger charge is -2.61. The number of ether oxygens (including phenoxy) is 1. The quantitative estimate of drug-likeness (QED) is 0.306. The Morgan fingerprint density at radius 3 is 2.61 bits per heavy atom. The first kappa shape index (κ1) is 24.7. The lowest BCUT2D eigenvalue weighted by Crippen LogP contribution is -2.69. The Morgan fingerprint density at radius 2 is 2.06 bits per heavy atom. The Morgan fingerprint density at radius 1 is 1.32 bits per heavy atom. The van der Waals surface area contributed by atoms with Crippen molar-refractivity contribution in [3.63, 3.8) is 0 Å². The summed E-state index contributed by atoms with van der Waals surface area (Å²) in [4.78, 5) is 6.90. The molecule has 176 valence electrons. The molecule has 1 spiro atoms. The first-order chi connectivity index (χ1) is 14.5. The lowest BCUT2D eigenvalue weighted by molar-refractivity contribution is -0.169. The molecule has 1 aromatic rings. The number of rotatable bonds is 7. The number of hydrogen-bond acceptors (Lipinski definition) is 6. The van der Waals surface area contributed by atoms with Crippen LogP contribution in [-0.2, 0) is 20.5 Å². The molecule has 11 heteroatoms. The van der Waals surface area contributed by atoms with Gasteiger partial charge in [0.2, 0.25) is 10.0 Å². The van der Waals surface area contributed by atoms with E-state index in [4.69, 9.17) is 14.3 Å². The van der Waals surface area contributed by atoms with Crippen LogP contribution in [0.1, 0.15) is 45.2 Å². The highest BCUT2D eigenvalue weighted by atomic mass is 127. The monoisotopic (exact) mass is 567 g/mol. The van der Waals surface area contributed by atoms with Crippen LogP contribution >= 0.6 is 24.0 Å². The smallest absolute Gasteiger partial charge is 0.220 e. The van der Waals surface area contributed by atoms with Crippen molar-refractivity contribution in [2.24, 2.45) is 10.4 Å². The molecule has 1 aromatic heterocycles. The van der Waals surface area contributed by atoms with Crippen LogP contribution in [0.4, 0.5) is 0 Å². The maximum absolute atomic E-state index is 12.7. The van der Waals surface area contributed by atoms with E-state index in [9.17, 15) is 8.42 Å². The van der Waals surface area contributed by atoms with Crippen LogP contribution in [0.2, 0.25) is 0 Å². The number of nitrogens with zero attached hydrogens (tertiary/aromatic N) is 4. The third-order valence-corrected chi connectivity index (χ3v) is 8.61. The van der Waals surface area contributed by atoms with Gasteiger partial charge < -0.3 is 19.5 Å². The van der Waals surface area contributed by atoms with Crippen LogP contribution in [0.25, 0.3) is 0 Å². The summed E-state index contributed by atoms with van der Waals surface area (Å²) in [5, 5.41) is 7.43. The van der Waals surface area contributed by atoms with Gasteiger partial charge in [0.1, 0.15) is 12.0 Å². The fourth-order valence-electron chi connectivity index (χ4n) is 4.95. The SMILES string of the molecule is CCN=C(NC1CC(OCC)C12CCC2)N1CCN(S(=O)(=O)Cc2ccon2)CC1.I. The number of halogens is 1. The summed E-state index contributed by atoms with van der Waals surface area (Å²) >= 11 is 0. The normalized spacial score (nSPS) is 26.1. The van der Waals surface area contributed by atoms with E-state index in [0.29, 0.717) is 50.6 Å². The topological polar surface area (TPSA) is 100 Å². The summed E-state index contributed by atoms with van der Waals surface area (Å²) in [7, 11) is -3.40. The number of piperazine rings is 1. The number of aromatic nitrogens is 1. The largest absolute Gasteiger partial charge is 0.378 e. The van der Waals surface area contributed by atoms with Gasteiger partial charge in [0.15, 0.2) is 5.96 Å². The maximum Gasteiger partial charge on any atom is 0.220 e. The highest BCUT2D eigenvalue weighted by Crippen LogP contribution is 2.57. The number of nitrogens with one attached hydrogen (secondary N) is 1. The molecular formula is C20H34IN5O4S. The van der Waals surface area contributed by atoms with Crippen LogP contribution < -0.4 is 5.32 Å². The van der Waals surface area contributed by atoms with E-state index in [0.717, 1.165) is 19.0 Å². The van der Waals surface area contributed by atoms with Crippen molar-refractivity contribution in [2.45, 2.75) is 57.4 Å². The number of hydrogen-bond donors (Lipinski definition) is 1. The summed E-state index contributed by atoms with van der Waals surface area (Å²) < 4.78 is 37.6. The maximum atomic E-state index is 12.7. The Kier molecular flexibility index (Phi) is 8.25. The predicted octanol–water partition coefficient (Wildman–Crippen LogP) is 2.05. The van der Waals surface area contributed by atoms with Gasteiger partial charge in [-0.1, -0.05) is 11.6 Å². The number of aliphatic imine (C=N–C) groups is 1. The Labute approximate surface area is 202 Å². The average Bonchev–Trinajstić information content (AvgIpc) is 3.17. The van der Waals surface area contributed by atoms with Crippen LogP contribution in [0.3, 0.4) is 0 Å². The van der Waals surface area contributed by atoms with Gasteiger partial charge in [-0.05, 0) is 33.1 Å². The molecule has 0 aromatic carbocycles. The molecule has 3 aliphatic rings. The van der Waals surface area contributed by atoms with Gasteiger partial charge in [0.25, 0.3) is 0 Å². The molecule has 1 aliphatic heterocycles. The highest BCUT2D eigenvalue weighted by molar-refractivity contribution is 14.0. The van der Waals surface area contributed by atoms with Crippen molar-refractivity contribution in [2.75, 3.05) is 39.3 Å². The molecular weight excluding hydrogens is 533 g/mol. The summed E-state index contributed by atoms with van der Waals surface area (Å²) in [6, 6.07) is 1.98. The van der Waals surface area contributed by atoms with Crippen molar-refractivity contribution < 1.29 is 17.7 Å². The van der Waals surface area contributed by atoms with E-state index in [1.807, 2.05) is 6.92 Å². The van der Waals surface area contributed by atoms with Crippen LogP contribution in [0.15, 0.2) is 21.8 Å². The molecule has 1 N–H and O–H groups in total. The summed E-state index contributed by atoms with van der Waals surface area (Å²) in [6.07, 6.45) is 6.46. The first-order valence-corrected chi connectivity index (χ1v) is 12.6. The van der Waals surface area contributed by atoms with Gasteiger partial charge in [0, 0.05) is 56.9 Å². The molecule has 2 aliphatic carbocycles. The molecule has 2 unspecified atom stereocenters. The van der Waals surface area contributed by atoms with E-state index in [2.05, 4.69) is 22.3 Å². The Bertz CT molecular complexity index is 836. The predicted molar refractivity (Wildman–Crippen MR) is 129 cm³/mol. The number of guanidine groups is 1. The molecule has 2 atom stereocenters. The van der Waals surface area contributed by atoms with Gasteiger partial charge in [-0.3, -0.25) is 4.99 Å². The second kappa shape index (κ2) is 10.3. The van der Waals surface area contributed by atoms with Gasteiger partial charge in [0.05, 0.1) is 11.8 Å². The van der Waals surface area contributed by atoms with Gasteiger partial charge in [-0.2, -0.15) is 4.31 Å². The fraction of sp³-hybridized carbons (Fsp3) is 0.800. The molecule has 0 amide bonds. The van der Waals surface area contributed by atoms with Gasteiger partial charge in [-0.25, -0.2) is 8.42 Å². The van der Waals surface area contributed by atoms with E-state index in [1.54, 1.807) is 10.4 Å². The highest BCUT2D eigenvalue weighted by Gasteiger charge is 2.59. The minimum atomic E-state index is -3.40. The van der Waals surface area contributed by atoms with Crippen LogP contribution in [0.5, 0.6) is 0 Å². The fourth-order valence-corrected chi connectivity index (χ4v) is 6.38. The first-order valence-electron chi connectivity index (χ1n) is 11.0. The molecule has 2 saturated carbocycles. The molecule has 4 rings (SSSR count).